The summed E-state index contributed by atoms with van der Waals surface area (Å²) in [5.41, 5.74) is 0.450. The third-order valence-electron chi connectivity index (χ3n) is 4.17. The van der Waals surface area contributed by atoms with E-state index in [2.05, 4.69) is 5.32 Å². The molecule has 4 aromatic rings. The molecule has 8 heteroatoms. The fourth-order valence-corrected chi connectivity index (χ4v) is 4.88. The van der Waals surface area contributed by atoms with Crippen LogP contribution in [0.1, 0.15) is 9.67 Å². The van der Waals surface area contributed by atoms with Gasteiger partial charge in [0.05, 0.1) is 9.92 Å². The van der Waals surface area contributed by atoms with Gasteiger partial charge in [0.2, 0.25) is 10.0 Å². The number of carbonyl (C=O) groups is 1. The lowest BCUT2D eigenvalue weighted by molar-refractivity contribution is 0.103. The molecule has 0 aliphatic carbocycles. The Morgan fingerprint density at radius 1 is 1.00 bits per heavy atom. The Balaban J connectivity index is 1.71. The lowest BCUT2D eigenvalue weighted by Crippen LogP contribution is -2.13. The summed E-state index contributed by atoms with van der Waals surface area (Å²) in [6.45, 7) is 0. The van der Waals surface area contributed by atoms with E-state index >= 15 is 0 Å². The molecular weight excluding hydrogens is 404 g/mol. The third kappa shape index (κ3) is 3.30. The highest BCUT2D eigenvalue weighted by Crippen LogP contribution is 2.40. The number of nitrogens with two attached hydrogens (primary N) is 1. The Bertz CT molecular complexity index is 1300. The molecule has 1 aromatic heterocycles. The Kier molecular flexibility index (Phi) is 4.39. The van der Waals surface area contributed by atoms with E-state index in [1.807, 2.05) is 36.4 Å². The van der Waals surface area contributed by atoms with E-state index in [4.69, 9.17) is 16.7 Å². The molecule has 0 radical (unpaired) electrons. The number of halogens is 1. The molecule has 1 amide bonds. The molecule has 5 nitrogen and oxygen atoms in total. The Morgan fingerprint density at radius 2 is 1.70 bits per heavy atom. The van der Waals surface area contributed by atoms with Crippen LogP contribution < -0.4 is 10.5 Å². The number of carbonyl (C=O) groups excluding carboxylic acids is 1. The standard InChI is InChI=1S/C19H13ClN2O3S2/c20-17-16-14-4-2-1-3-11(14)5-10-15(16)26-18(17)19(23)22-12-6-8-13(9-7-12)27(21,24)25/h1-10H,(H,22,23)(H2,21,24,25). The minimum Gasteiger partial charge on any atom is -0.321 e. The van der Waals surface area contributed by atoms with E-state index < -0.39 is 10.0 Å². The fourth-order valence-electron chi connectivity index (χ4n) is 2.89. The van der Waals surface area contributed by atoms with Crippen LogP contribution in [0.25, 0.3) is 20.9 Å². The maximum Gasteiger partial charge on any atom is 0.267 e. The maximum absolute atomic E-state index is 12.7. The summed E-state index contributed by atoms with van der Waals surface area (Å²) in [6.07, 6.45) is 0. The quantitative estimate of drug-likeness (QED) is 0.511. The smallest absolute Gasteiger partial charge is 0.267 e. The molecule has 0 aliphatic rings. The van der Waals surface area contributed by atoms with Crippen molar-refractivity contribution in [2.24, 2.45) is 5.14 Å². The van der Waals surface area contributed by atoms with Crippen molar-refractivity contribution in [2.75, 3.05) is 5.32 Å². The van der Waals surface area contributed by atoms with Gasteiger partial charge in [0.25, 0.3) is 5.91 Å². The van der Waals surface area contributed by atoms with Gasteiger partial charge in [0.15, 0.2) is 0 Å². The summed E-state index contributed by atoms with van der Waals surface area (Å²) >= 11 is 7.85. The third-order valence-corrected chi connectivity index (χ3v) is 6.74. The molecule has 0 spiro atoms. The van der Waals surface area contributed by atoms with Crippen molar-refractivity contribution in [1.29, 1.82) is 0 Å². The van der Waals surface area contributed by atoms with Crippen molar-refractivity contribution in [2.45, 2.75) is 4.90 Å². The molecule has 0 unspecified atom stereocenters. The lowest BCUT2D eigenvalue weighted by atomic mass is 10.1. The summed E-state index contributed by atoms with van der Waals surface area (Å²) in [5.74, 6) is -0.353. The second-order valence-corrected chi connectivity index (χ2v) is 8.92. The van der Waals surface area contributed by atoms with Gasteiger partial charge >= 0.3 is 0 Å². The average Bonchev–Trinajstić information content (AvgIpc) is 2.99. The largest absolute Gasteiger partial charge is 0.321 e. The molecule has 27 heavy (non-hydrogen) atoms. The van der Waals surface area contributed by atoms with Crippen molar-refractivity contribution in [1.82, 2.24) is 0 Å². The molecule has 0 atom stereocenters. The highest BCUT2D eigenvalue weighted by atomic mass is 35.5. The molecule has 0 saturated carbocycles. The molecule has 0 aliphatic heterocycles. The van der Waals surface area contributed by atoms with Crippen LogP contribution in [0.5, 0.6) is 0 Å². The van der Waals surface area contributed by atoms with Gasteiger partial charge in [-0.25, -0.2) is 13.6 Å². The summed E-state index contributed by atoms with van der Waals surface area (Å²) in [7, 11) is -3.78. The minimum absolute atomic E-state index is 0.0214. The van der Waals surface area contributed by atoms with Crippen LogP contribution >= 0.6 is 22.9 Å². The van der Waals surface area contributed by atoms with E-state index in [9.17, 15) is 13.2 Å². The number of benzene rings is 3. The molecule has 0 bridgehead atoms. The molecule has 0 saturated heterocycles. The van der Waals surface area contributed by atoms with E-state index in [-0.39, 0.29) is 10.8 Å². The monoisotopic (exact) mass is 416 g/mol. The SMILES string of the molecule is NS(=O)(=O)c1ccc(NC(=O)c2sc3ccc4ccccc4c3c2Cl)cc1. The van der Waals surface area contributed by atoms with Crippen LogP contribution in [0.15, 0.2) is 65.6 Å². The predicted octanol–water partition coefficient (Wildman–Crippen LogP) is 4.61. The van der Waals surface area contributed by atoms with Crippen molar-refractivity contribution < 1.29 is 13.2 Å². The number of hydrogen-bond acceptors (Lipinski definition) is 4. The summed E-state index contributed by atoms with van der Waals surface area (Å²) in [5, 5.41) is 11.1. The first-order valence-electron chi connectivity index (χ1n) is 7.88. The first-order chi connectivity index (χ1) is 12.8. The van der Waals surface area contributed by atoms with Crippen LogP contribution in [-0.2, 0) is 10.0 Å². The molecular formula is C19H13ClN2O3S2. The van der Waals surface area contributed by atoms with Gasteiger partial charge in [0, 0.05) is 15.8 Å². The zero-order valence-electron chi connectivity index (χ0n) is 13.8. The van der Waals surface area contributed by atoms with Crippen LogP contribution in [0.4, 0.5) is 5.69 Å². The highest BCUT2D eigenvalue weighted by Gasteiger charge is 2.19. The van der Waals surface area contributed by atoms with Gasteiger partial charge in [-0.2, -0.15) is 0 Å². The highest BCUT2D eigenvalue weighted by molar-refractivity contribution is 7.89. The van der Waals surface area contributed by atoms with E-state index in [0.29, 0.717) is 15.6 Å². The number of hydrogen-bond donors (Lipinski definition) is 2. The maximum atomic E-state index is 12.7. The first-order valence-corrected chi connectivity index (χ1v) is 10.6. The number of sulfonamides is 1. The van der Waals surface area contributed by atoms with Crippen molar-refractivity contribution in [3.05, 3.63) is 70.6 Å². The molecule has 4 rings (SSSR count). The molecule has 136 valence electrons. The zero-order chi connectivity index (χ0) is 19.2. The van der Waals surface area contributed by atoms with Gasteiger partial charge in [-0.1, -0.05) is 41.9 Å². The van der Waals surface area contributed by atoms with Gasteiger partial charge in [-0.05, 0) is 41.1 Å². The van der Waals surface area contributed by atoms with Gasteiger partial charge in [-0.3, -0.25) is 4.79 Å². The molecule has 3 aromatic carbocycles. The van der Waals surface area contributed by atoms with E-state index in [1.54, 1.807) is 0 Å². The van der Waals surface area contributed by atoms with Crippen molar-refractivity contribution in [3.63, 3.8) is 0 Å². The Morgan fingerprint density at radius 3 is 2.41 bits per heavy atom. The average molecular weight is 417 g/mol. The van der Waals surface area contributed by atoms with Crippen molar-refractivity contribution >= 4 is 65.4 Å². The van der Waals surface area contributed by atoms with Crippen LogP contribution in [0, 0.1) is 0 Å². The first kappa shape index (κ1) is 17.9. The van der Waals surface area contributed by atoms with E-state index in [1.165, 1.54) is 35.6 Å². The van der Waals surface area contributed by atoms with Gasteiger partial charge in [-0.15, -0.1) is 11.3 Å². The number of rotatable bonds is 3. The predicted molar refractivity (Wildman–Crippen MR) is 110 cm³/mol. The lowest BCUT2D eigenvalue weighted by Gasteiger charge is -2.05. The van der Waals surface area contributed by atoms with E-state index in [0.717, 1.165) is 20.9 Å². The summed E-state index contributed by atoms with van der Waals surface area (Å²) in [4.78, 5) is 13.1. The Hall–Kier alpha value is -2.45. The van der Waals surface area contributed by atoms with Crippen molar-refractivity contribution in [3.8, 4) is 0 Å². The number of amides is 1. The normalized spacial score (nSPS) is 11.8. The molecule has 3 N–H and O–H groups in total. The van der Waals surface area contributed by atoms with Crippen LogP contribution in [-0.4, -0.2) is 14.3 Å². The molecule has 0 fully saturated rings. The fraction of sp³-hybridized carbons (Fsp3) is 0. The summed E-state index contributed by atoms with van der Waals surface area (Å²) in [6, 6.07) is 17.4. The second kappa shape index (κ2) is 6.61. The summed E-state index contributed by atoms with van der Waals surface area (Å²) < 4.78 is 23.6. The second-order valence-electron chi connectivity index (χ2n) is 5.93. The number of nitrogens with one attached hydrogen (secondary N) is 1. The number of primary sulfonamides is 1. The zero-order valence-corrected chi connectivity index (χ0v) is 16.2. The van der Waals surface area contributed by atoms with Crippen LogP contribution in [0.3, 0.4) is 0 Å². The van der Waals surface area contributed by atoms with Gasteiger partial charge in [0.1, 0.15) is 4.88 Å². The van der Waals surface area contributed by atoms with Gasteiger partial charge < -0.3 is 5.32 Å². The number of fused-ring (bicyclic) bond motifs is 3. The minimum atomic E-state index is -3.78. The topological polar surface area (TPSA) is 89.3 Å². The Labute approximate surface area is 164 Å². The van der Waals surface area contributed by atoms with Crippen LogP contribution in [0.2, 0.25) is 5.02 Å². The number of anilines is 1. The number of thiophene rings is 1. The molecule has 1 heterocycles.